The van der Waals surface area contributed by atoms with Crippen LogP contribution in [0.3, 0.4) is 0 Å². The summed E-state index contributed by atoms with van der Waals surface area (Å²) in [6, 6.07) is 23.3. The zero-order valence-corrected chi connectivity index (χ0v) is 14.0. The molecule has 0 saturated carbocycles. The second-order valence-corrected chi connectivity index (χ2v) is 6.06. The summed E-state index contributed by atoms with van der Waals surface area (Å²) >= 11 is 0. The molecule has 0 bridgehead atoms. The van der Waals surface area contributed by atoms with E-state index in [9.17, 15) is 4.79 Å². The second-order valence-electron chi connectivity index (χ2n) is 6.06. The molecule has 0 aliphatic carbocycles. The molecule has 0 fully saturated rings. The predicted molar refractivity (Wildman–Crippen MR) is 106 cm³/mol. The number of nitrogens with two attached hydrogens (primary N) is 2. The Labute approximate surface area is 151 Å². The lowest BCUT2D eigenvalue weighted by Gasteiger charge is -2.17. The number of anilines is 1. The number of primary amides is 1. The minimum absolute atomic E-state index is 0.320. The minimum atomic E-state index is -0.540. The lowest BCUT2D eigenvalue weighted by atomic mass is 9.89. The maximum absolute atomic E-state index is 11.8. The summed E-state index contributed by atoms with van der Waals surface area (Å²) in [7, 11) is 0. The molecule has 0 aliphatic rings. The number of hydrogen-bond acceptors (Lipinski definition) is 3. The highest BCUT2D eigenvalue weighted by molar-refractivity contribution is 6.09. The fourth-order valence-electron chi connectivity index (χ4n) is 3.30. The van der Waals surface area contributed by atoms with Crippen molar-refractivity contribution in [2.45, 2.75) is 0 Å². The molecule has 1 heterocycles. The molecule has 1 aromatic heterocycles. The molecule has 4 rings (SSSR count). The number of para-hydroxylation sites is 1. The van der Waals surface area contributed by atoms with Crippen LogP contribution in [0.1, 0.15) is 10.4 Å². The first-order chi connectivity index (χ1) is 12.7. The molecule has 1 amide bonds. The summed E-state index contributed by atoms with van der Waals surface area (Å²) in [4.78, 5) is 16.3. The van der Waals surface area contributed by atoms with Gasteiger partial charge in [-0.1, -0.05) is 54.6 Å². The zero-order valence-electron chi connectivity index (χ0n) is 14.0. The molecule has 0 unspecified atom stereocenters. The van der Waals surface area contributed by atoms with Gasteiger partial charge >= 0.3 is 0 Å². The van der Waals surface area contributed by atoms with Crippen molar-refractivity contribution in [2.75, 3.05) is 5.73 Å². The highest BCUT2D eigenvalue weighted by Crippen LogP contribution is 2.40. The monoisotopic (exact) mass is 339 g/mol. The highest BCUT2D eigenvalue weighted by Gasteiger charge is 2.18. The summed E-state index contributed by atoms with van der Waals surface area (Å²) in [6.45, 7) is 0. The van der Waals surface area contributed by atoms with E-state index in [2.05, 4.69) is 4.98 Å². The Balaban J connectivity index is 2.11. The molecule has 0 spiro atoms. The van der Waals surface area contributed by atoms with Crippen molar-refractivity contribution in [3.8, 4) is 22.3 Å². The number of fused-ring (bicyclic) bond motifs is 1. The highest BCUT2D eigenvalue weighted by atomic mass is 16.1. The van der Waals surface area contributed by atoms with Gasteiger partial charge in [0.05, 0.1) is 16.8 Å². The van der Waals surface area contributed by atoms with E-state index in [0.717, 1.165) is 33.2 Å². The van der Waals surface area contributed by atoms with Crippen LogP contribution in [0.25, 0.3) is 33.2 Å². The number of aromatic nitrogens is 1. The maximum atomic E-state index is 11.8. The van der Waals surface area contributed by atoms with Crippen LogP contribution in [0, 0.1) is 0 Å². The molecule has 0 radical (unpaired) electrons. The first-order valence-electron chi connectivity index (χ1n) is 8.28. The number of nitrogens with zero attached hydrogens (tertiary/aromatic N) is 1. The van der Waals surface area contributed by atoms with Crippen LogP contribution in [0.5, 0.6) is 0 Å². The predicted octanol–water partition coefficient (Wildman–Crippen LogP) is 4.25. The molecule has 4 nitrogen and oxygen atoms in total. The van der Waals surface area contributed by atoms with Crippen LogP contribution in [0.15, 0.2) is 79.0 Å². The van der Waals surface area contributed by atoms with Gasteiger partial charge in [0.25, 0.3) is 5.91 Å². The summed E-state index contributed by atoms with van der Waals surface area (Å²) in [5.41, 5.74) is 17.2. The van der Waals surface area contributed by atoms with Gasteiger partial charge in [-0.3, -0.25) is 9.78 Å². The first-order valence-corrected chi connectivity index (χ1v) is 8.28. The van der Waals surface area contributed by atoms with Crippen molar-refractivity contribution in [3.05, 3.63) is 84.6 Å². The van der Waals surface area contributed by atoms with Crippen LogP contribution in [0.4, 0.5) is 5.69 Å². The Kier molecular flexibility index (Phi) is 3.86. The molecule has 126 valence electrons. The number of hydrogen-bond donors (Lipinski definition) is 2. The Morgan fingerprint density at radius 1 is 0.808 bits per heavy atom. The van der Waals surface area contributed by atoms with Gasteiger partial charge in [-0.05, 0) is 34.9 Å². The van der Waals surface area contributed by atoms with Gasteiger partial charge in [-0.25, -0.2) is 0 Å². The maximum Gasteiger partial charge on any atom is 0.250 e. The molecule has 0 saturated heterocycles. The Morgan fingerprint density at radius 2 is 1.54 bits per heavy atom. The average Bonchev–Trinajstić information content (AvgIpc) is 2.68. The lowest BCUT2D eigenvalue weighted by Crippen LogP contribution is -2.14. The minimum Gasteiger partial charge on any atom is -0.398 e. The average molecular weight is 339 g/mol. The fraction of sp³-hybridized carbons (Fsp3) is 0. The van der Waals surface area contributed by atoms with Crippen molar-refractivity contribution in [1.29, 1.82) is 0 Å². The molecule has 3 aromatic carbocycles. The SMILES string of the molecule is NC(=O)c1ccc(-c2ccccc2)c(-c2ccnc3ccccc23)c1N. The third-order valence-corrected chi connectivity index (χ3v) is 4.51. The number of carbonyl (C=O) groups excluding carboxylic acids is 1. The molecule has 4 heteroatoms. The van der Waals surface area contributed by atoms with E-state index >= 15 is 0 Å². The Morgan fingerprint density at radius 3 is 2.31 bits per heavy atom. The molecule has 0 aliphatic heterocycles. The van der Waals surface area contributed by atoms with Gasteiger partial charge in [-0.15, -0.1) is 0 Å². The Bertz CT molecular complexity index is 1120. The molecule has 0 atom stereocenters. The van der Waals surface area contributed by atoms with Crippen LogP contribution in [0.2, 0.25) is 0 Å². The largest absolute Gasteiger partial charge is 0.398 e. The smallest absolute Gasteiger partial charge is 0.250 e. The molecular weight excluding hydrogens is 322 g/mol. The number of benzene rings is 3. The van der Waals surface area contributed by atoms with Gasteiger partial charge < -0.3 is 11.5 Å². The van der Waals surface area contributed by atoms with E-state index in [0.29, 0.717) is 11.3 Å². The van der Waals surface area contributed by atoms with E-state index in [1.807, 2.05) is 66.7 Å². The van der Waals surface area contributed by atoms with Crippen molar-refractivity contribution >= 4 is 22.5 Å². The van der Waals surface area contributed by atoms with E-state index in [-0.39, 0.29) is 0 Å². The number of pyridine rings is 1. The third-order valence-electron chi connectivity index (χ3n) is 4.51. The summed E-state index contributed by atoms with van der Waals surface area (Å²) in [5.74, 6) is -0.540. The molecule has 4 N–H and O–H groups in total. The topological polar surface area (TPSA) is 82.0 Å². The van der Waals surface area contributed by atoms with Crippen molar-refractivity contribution in [2.24, 2.45) is 5.73 Å². The van der Waals surface area contributed by atoms with Gasteiger partial charge in [-0.2, -0.15) is 0 Å². The third kappa shape index (κ3) is 2.58. The van der Waals surface area contributed by atoms with Gasteiger partial charge in [0.2, 0.25) is 0 Å². The van der Waals surface area contributed by atoms with E-state index in [4.69, 9.17) is 11.5 Å². The van der Waals surface area contributed by atoms with Crippen molar-refractivity contribution in [1.82, 2.24) is 4.98 Å². The summed E-state index contributed by atoms with van der Waals surface area (Å²) in [5, 5.41) is 0.973. The van der Waals surface area contributed by atoms with E-state index in [1.165, 1.54) is 0 Å². The first kappa shape index (κ1) is 15.8. The van der Waals surface area contributed by atoms with Crippen LogP contribution in [-0.2, 0) is 0 Å². The van der Waals surface area contributed by atoms with Crippen molar-refractivity contribution in [3.63, 3.8) is 0 Å². The Hall–Kier alpha value is -3.66. The normalized spacial score (nSPS) is 10.8. The molecular formula is C22H17N3O. The van der Waals surface area contributed by atoms with Crippen LogP contribution < -0.4 is 11.5 Å². The standard InChI is InChI=1S/C22H17N3O/c23-21-18(22(24)26)11-10-15(14-6-2-1-3-7-14)20(21)17-12-13-25-19-9-5-4-8-16(17)19/h1-13H,23H2,(H2,24,26). The number of rotatable bonds is 3. The number of nitrogen functional groups attached to an aromatic ring is 1. The molecule has 4 aromatic rings. The summed E-state index contributed by atoms with van der Waals surface area (Å²) in [6.07, 6.45) is 1.75. The van der Waals surface area contributed by atoms with Gasteiger partial charge in [0.1, 0.15) is 0 Å². The quantitative estimate of drug-likeness (QED) is 0.547. The van der Waals surface area contributed by atoms with E-state index in [1.54, 1.807) is 12.3 Å². The number of carbonyl (C=O) groups is 1. The van der Waals surface area contributed by atoms with Crippen LogP contribution >= 0.6 is 0 Å². The van der Waals surface area contributed by atoms with Crippen LogP contribution in [-0.4, -0.2) is 10.9 Å². The fourth-order valence-corrected chi connectivity index (χ4v) is 3.30. The van der Waals surface area contributed by atoms with Gasteiger partial charge in [0.15, 0.2) is 0 Å². The summed E-state index contributed by atoms with van der Waals surface area (Å²) < 4.78 is 0. The van der Waals surface area contributed by atoms with Gasteiger partial charge in [0, 0.05) is 17.1 Å². The van der Waals surface area contributed by atoms with Crippen molar-refractivity contribution < 1.29 is 4.79 Å². The lowest BCUT2D eigenvalue weighted by molar-refractivity contribution is 0.100. The van der Waals surface area contributed by atoms with E-state index < -0.39 is 5.91 Å². The second kappa shape index (κ2) is 6.33. The zero-order chi connectivity index (χ0) is 18.1. The number of amides is 1. The molecule has 26 heavy (non-hydrogen) atoms.